The van der Waals surface area contributed by atoms with Gasteiger partial charge in [0.05, 0.1) is 0 Å². The van der Waals surface area contributed by atoms with Gasteiger partial charge >= 0.3 is 0 Å². The van der Waals surface area contributed by atoms with Crippen molar-refractivity contribution in [3.05, 3.63) is 58.3 Å². The fraction of sp³-hybridized carbons (Fsp3) is 0.286. The Bertz CT molecular complexity index is 417. The van der Waals surface area contributed by atoms with Crippen LogP contribution in [0.1, 0.15) is 24.5 Å². The van der Waals surface area contributed by atoms with E-state index >= 15 is 0 Å². The molecule has 1 heterocycles. The number of rotatable bonds is 4. The van der Waals surface area contributed by atoms with Gasteiger partial charge < -0.3 is 5.73 Å². The molecule has 84 valence electrons. The summed E-state index contributed by atoms with van der Waals surface area (Å²) >= 11 is 1.75. The van der Waals surface area contributed by atoms with E-state index in [1.165, 1.54) is 11.1 Å². The van der Waals surface area contributed by atoms with Gasteiger partial charge in [0.25, 0.3) is 0 Å². The first-order valence-corrected chi connectivity index (χ1v) is 6.48. The predicted octanol–water partition coefficient (Wildman–Crippen LogP) is 3.55. The van der Waals surface area contributed by atoms with E-state index in [0.29, 0.717) is 0 Å². The highest BCUT2D eigenvalue weighted by atomic mass is 32.1. The second-order valence-electron chi connectivity index (χ2n) is 4.42. The number of thiophene rings is 1. The Balaban J connectivity index is 2.03. The number of benzene rings is 1. The summed E-state index contributed by atoms with van der Waals surface area (Å²) in [4.78, 5) is 0. The molecule has 0 aliphatic heterocycles. The number of hydrogen-bond donors (Lipinski definition) is 1. The Labute approximate surface area is 101 Å². The lowest BCUT2D eigenvalue weighted by Crippen LogP contribution is -2.33. The first kappa shape index (κ1) is 11.4. The monoisotopic (exact) mass is 231 g/mol. The molecule has 0 radical (unpaired) electrons. The average Bonchev–Trinajstić information content (AvgIpc) is 2.81. The average molecular weight is 231 g/mol. The highest BCUT2D eigenvalue weighted by Crippen LogP contribution is 2.23. The van der Waals surface area contributed by atoms with E-state index in [4.69, 9.17) is 5.73 Å². The van der Waals surface area contributed by atoms with Gasteiger partial charge in [0.15, 0.2) is 0 Å². The van der Waals surface area contributed by atoms with E-state index in [2.05, 4.69) is 35.9 Å². The van der Waals surface area contributed by atoms with Crippen LogP contribution >= 0.6 is 11.3 Å². The van der Waals surface area contributed by atoms with Crippen molar-refractivity contribution in [1.82, 2.24) is 0 Å². The zero-order chi connectivity index (χ0) is 11.4. The van der Waals surface area contributed by atoms with Crippen LogP contribution in [0.4, 0.5) is 0 Å². The van der Waals surface area contributed by atoms with Crippen molar-refractivity contribution in [3.8, 4) is 0 Å². The Morgan fingerprint density at radius 3 is 2.56 bits per heavy atom. The zero-order valence-corrected chi connectivity index (χ0v) is 10.3. The molecule has 0 amide bonds. The van der Waals surface area contributed by atoms with Gasteiger partial charge in [-0.05, 0) is 47.7 Å². The lowest BCUT2D eigenvalue weighted by atomic mass is 9.87. The fourth-order valence-corrected chi connectivity index (χ4v) is 2.51. The van der Waals surface area contributed by atoms with Crippen molar-refractivity contribution in [2.75, 3.05) is 0 Å². The lowest BCUT2D eigenvalue weighted by Gasteiger charge is -2.25. The highest BCUT2D eigenvalue weighted by molar-refractivity contribution is 7.07. The van der Waals surface area contributed by atoms with E-state index in [1.807, 2.05) is 18.2 Å². The van der Waals surface area contributed by atoms with E-state index in [9.17, 15) is 0 Å². The van der Waals surface area contributed by atoms with Crippen LogP contribution in [0.2, 0.25) is 0 Å². The Morgan fingerprint density at radius 2 is 1.94 bits per heavy atom. The normalized spacial score (nSPS) is 14.6. The molecule has 2 aromatic rings. The maximum Gasteiger partial charge on any atom is 0.0384 e. The van der Waals surface area contributed by atoms with Gasteiger partial charge in [-0.2, -0.15) is 11.3 Å². The van der Waals surface area contributed by atoms with Gasteiger partial charge in [0.2, 0.25) is 0 Å². The van der Waals surface area contributed by atoms with Crippen LogP contribution in [0.15, 0.2) is 47.2 Å². The summed E-state index contributed by atoms with van der Waals surface area (Å²) < 4.78 is 0. The van der Waals surface area contributed by atoms with Gasteiger partial charge in [0.1, 0.15) is 0 Å². The molecule has 2 rings (SSSR count). The Hall–Kier alpha value is -1.12. The van der Waals surface area contributed by atoms with Crippen LogP contribution < -0.4 is 5.73 Å². The molecule has 0 fully saturated rings. The smallest absolute Gasteiger partial charge is 0.0384 e. The molecular formula is C14H17NS. The van der Waals surface area contributed by atoms with Crippen LogP contribution in [-0.4, -0.2) is 0 Å². The van der Waals surface area contributed by atoms with E-state index in [1.54, 1.807) is 11.3 Å². The molecular weight excluding hydrogens is 214 g/mol. The zero-order valence-electron chi connectivity index (χ0n) is 9.52. The molecule has 2 N–H and O–H groups in total. The van der Waals surface area contributed by atoms with Crippen molar-refractivity contribution < 1.29 is 0 Å². The van der Waals surface area contributed by atoms with Crippen molar-refractivity contribution in [1.29, 1.82) is 0 Å². The van der Waals surface area contributed by atoms with Gasteiger partial charge in [-0.1, -0.05) is 30.3 Å². The molecule has 16 heavy (non-hydrogen) atoms. The third-order valence-corrected chi connectivity index (χ3v) is 3.68. The number of aryl methyl sites for hydroxylation is 1. The molecule has 2 heteroatoms. The molecule has 1 atom stereocenters. The second kappa shape index (κ2) is 4.81. The maximum absolute atomic E-state index is 6.36. The van der Waals surface area contributed by atoms with Crippen molar-refractivity contribution in [2.45, 2.75) is 25.3 Å². The fourth-order valence-electron chi connectivity index (χ4n) is 1.80. The minimum atomic E-state index is -0.233. The van der Waals surface area contributed by atoms with Crippen LogP contribution in [0.3, 0.4) is 0 Å². The summed E-state index contributed by atoms with van der Waals surface area (Å²) in [6.45, 7) is 2.11. The lowest BCUT2D eigenvalue weighted by molar-refractivity contribution is 0.453. The van der Waals surface area contributed by atoms with Crippen molar-refractivity contribution in [3.63, 3.8) is 0 Å². The molecule has 1 aromatic carbocycles. The molecule has 1 nitrogen and oxygen atoms in total. The molecule has 0 saturated heterocycles. The third kappa shape index (κ3) is 2.71. The standard InChI is InChI=1S/C14H17NS/c1-14(15,13-5-3-2-4-6-13)9-7-12-8-10-16-11-12/h2-6,8,10-11H,7,9,15H2,1H3. The van der Waals surface area contributed by atoms with Gasteiger partial charge in [-0.25, -0.2) is 0 Å². The van der Waals surface area contributed by atoms with Crippen LogP contribution in [0.5, 0.6) is 0 Å². The Kier molecular flexibility index (Phi) is 3.42. The summed E-state index contributed by atoms with van der Waals surface area (Å²) in [6, 6.07) is 12.5. The summed E-state index contributed by atoms with van der Waals surface area (Å²) in [6.07, 6.45) is 2.03. The van der Waals surface area contributed by atoms with Gasteiger partial charge in [0, 0.05) is 5.54 Å². The summed E-state index contributed by atoms with van der Waals surface area (Å²) in [5.41, 5.74) is 8.72. The van der Waals surface area contributed by atoms with Crippen LogP contribution in [0, 0.1) is 0 Å². The topological polar surface area (TPSA) is 26.0 Å². The molecule has 1 unspecified atom stereocenters. The largest absolute Gasteiger partial charge is 0.322 e. The first-order valence-electron chi connectivity index (χ1n) is 5.54. The molecule has 0 spiro atoms. The third-order valence-electron chi connectivity index (χ3n) is 2.95. The predicted molar refractivity (Wildman–Crippen MR) is 70.6 cm³/mol. The molecule has 0 bridgehead atoms. The molecule has 0 aliphatic rings. The van der Waals surface area contributed by atoms with E-state index in [0.717, 1.165) is 12.8 Å². The molecule has 0 aliphatic carbocycles. The first-order chi connectivity index (χ1) is 7.68. The van der Waals surface area contributed by atoms with Gasteiger partial charge in [-0.3, -0.25) is 0 Å². The van der Waals surface area contributed by atoms with Crippen LogP contribution in [-0.2, 0) is 12.0 Å². The molecule has 1 aromatic heterocycles. The quantitative estimate of drug-likeness (QED) is 0.855. The minimum absolute atomic E-state index is 0.233. The van der Waals surface area contributed by atoms with E-state index in [-0.39, 0.29) is 5.54 Å². The van der Waals surface area contributed by atoms with E-state index < -0.39 is 0 Å². The maximum atomic E-state index is 6.36. The van der Waals surface area contributed by atoms with Gasteiger partial charge in [-0.15, -0.1) is 0 Å². The summed E-state index contributed by atoms with van der Waals surface area (Å²) in [7, 11) is 0. The Morgan fingerprint density at radius 1 is 1.19 bits per heavy atom. The highest BCUT2D eigenvalue weighted by Gasteiger charge is 2.20. The summed E-state index contributed by atoms with van der Waals surface area (Å²) in [5, 5.41) is 4.31. The summed E-state index contributed by atoms with van der Waals surface area (Å²) in [5.74, 6) is 0. The number of nitrogens with two attached hydrogens (primary N) is 1. The minimum Gasteiger partial charge on any atom is -0.322 e. The molecule has 0 saturated carbocycles. The SMILES string of the molecule is CC(N)(CCc1ccsc1)c1ccccc1. The second-order valence-corrected chi connectivity index (χ2v) is 5.20. The number of hydrogen-bond acceptors (Lipinski definition) is 2. The van der Waals surface area contributed by atoms with Crippen LogP contribution in [0.25, 0.3) is 0 Å². The van der Waals surface area contributed by atoms with Crippen molar-refractivity contribution in [2.24, 2.45) is 5.73 Å². The van der Waals surface area contributed by atoms with Crippen molar-refractivity contribution >= 4 is 11.3 Å².